The van der Waals surface area contributed by atoms with E-state index in [-0.39, 0.29) is 0 Å². The lowest BCUT2D eigenvalue weighted by Crippen LogP contribution is -2.00. The van der Waals surface area contributed by atoms with Gasteiger partial charge in [0, 0.05) is 34.0 Å². The molecule has 4 aromatic heterocycles. The second kappa shape index (κ2) is 14.4. The van der Waals surface area contributed by atoms with Gasteiger partial charge in [-0.1, -0.05) is 176 Å². The Balaban J connectivity index is 0.940. The summed E-state index contributed by atoms with van der Waals surface area (Å²) < 4.78 is 6.13. The molecule has 276 valence electrons. The van der Waals surface area contributed by atoms with Crippen molar-refractivity contribution < 1.29 is 4.42 Å². The number of aromatic nitrogens is 6. The third kappa shape index (κ3) is 6.37. The van der Waals surface area contributed by atoms with Gasteiger partial charge in [0.2, 0.25) is 5.71 Å². The predicted molar refractivity (Wildman–Crippen MR) is 236 cm³/mol. The predicted octanol–water partition coefficient (Wildman–Crippen LogP) is 12.8. The Morgan fingerprint density at radius 3 is 1.39 bits per heavy atom. The van der Waals surface area contributed by atoms with Gasteiger partial charge in [-0.3, -0.25) is 0 Å². The normalized spacial score (nSPS) is 11.4. The van der Waals surface area contributed by atoms with Crippen molar-refractivity contribution >= 4 is 33.0 Å². The maximum absolute atomic E-state index is 6.13. The standard InChI is InChI=1S/C52H32N6O/c1-4-12-33(13-5-1)34-22-24-35(25-23-34)40-30-45-47-46(59-52(45)54-31-40)32-53-51(55-47)44-21-11-19-42-41(18-10-20-43(42)44)36-26-28-39(29-27-36)50-57-48(37-14-6-2-7-15-37)56-49(58-50)38-16-8-3-9-17-38/h1-32H. The molecule has 0 aliphatic carbocycles. The zero-order valence-electron chi connectivity index (χ0n) is 31.6. The maximum Gasteiger partial charge on any atom is 0.229 e. The highest BCUT2D eigenvalue weighted by Crippen LogP contribution is 2.37. The highest BCUT2D eigenvalue weighted by Gasteiger charge is 2.17. The molecule has 4 heterocycles. The van der Waals surface area contributed by atoms with Gasteiger partial charge in [0.25, 0.3) is 0 Å². The zero-order valence-corrected chi connectivity index (χ0v) is 31.6. The molecule has 0 saturated heterocycles. The number of rotatable bonds is 7. The summed E-state index contributed by atoms with van der Waals surface area (Å²) in [6.45, 7) is 0. The van der Waals surface area contributed by atoms with E-state index in [2.05, 4.69) is 120 Å². The first-order chi connectivity index (χ1) is 29.2. The van der Waals surface area contributed by atoms with Gasteiger partial charge in [-0.25, -0.2) is 29.9 Å². The average Bonchev–Trinajstić information content (AvgIpc) is 3.69. The molecule has 7 aromatic carbocycles. The van der Waals surface area contributed by atoms with Crippen LogP contribution in [0, 0.1) is 0 Å². The summed E-state index contributed by atoms with van der Waals surface area (Å²) >= 11 is 0. The van der Waals surface area contributed by atoms with E-state index in [1.807, 2.05) is 72.9 Å². The van der Waals surface area contributed by atoms with Gasteiger partial charge < -0.3 is 4.42 Å². The molecular weight excluding hydrogens is 725 g/mol. The minimum atomic E-state index is 0.532. The van der Waals surface area contributed by atoms with E-state index in [0.717, 1.165) is 66.2 Å². The quantitative estimate of drug-likeness (QED) is 0.160. The summed E-state index contributed by atoms with van der Waals surface area (Å²) in [5.74, 6) is 2.50. The first kappa shape index (κ1) is 34.1. The highest BCUT2D eigenvalue weighted by molar-refractivity contribution is 6.06. The average molecular weight is 757 g/mol. The molecule has 59 heavy (non-hydrogen) atoms. The summed E-state index contributed by atoms with van der Waals surface area (Å²) in [6.07, 6.45) is 3.60. The van der Waals surface area contributed by atoms with Crippen LogP contribution in [0.5, 0.6) is 0 Å². The molecule has 0 unspecified atom stereocenters. The van der Waals surface area contributed by atoms with E-state index >= 15 is 0 Å². The van der Waals surface area contributed by atoms with Crippen LogP contribution >= 0.6 is 0 Å². The minimum absolute atomic E-state index is 0.532. The highest BCUT2D eigenvalue weighted by atomic mass is 16.3. The van der Waals surface area contributed by atoms with Crippen LogP contribution in [0.1, 0.15) is 0 Å². The van der Waals surface area contributed by atoms with E-state index in [9.17, 15) is 0 Å². The topological polar surface area (TPSA) is 90.5 Å². The molecule has 0 radical (unpaired) electrons. The van der Waals surface area contributed by atoms with E-state index in [1.54, 1.807) is 6.20 Å². The number of fused-ring (bicyclic) bond motifs is 4. The van der Waals surface area contributed by atoms with Gasteiger partial charge in [0.15, 0.2) is 28.9 Å². The van der Waals surface area contributed by atoms with Crippen molar-refractivity contribution in [3.05, 3.63) is 194 Å². The number of hydrogen-bond acceptors (Lipinski definition) is 7. The zero-order chi connectivity index (χ0) is 39.1. The molecule has 7 heteroatoms. The van der Waals surface area contributed by atoms with Crippen molar-refractivity contribution in [1.29, 1.82) is 0 Å². The first-order valence-electron chi connectivity index (χ1n) is 19.4. The van der Waals surface area contributed by atoms with Gasteiger partial charge in [-0.15, -0.1) is 0 Å². The molecule has 7 nitrogen and oxygen atoms in total. The van der Waals surface area contributed by atoms with Crippen LogP contribution in [0.4, 0.5) is 0 Å². The summed E-state index contributed by atoms with van der Waals surface area (Å²) in [5, 5.41) is 2.99. The van der Waals surface area contributed by atoms with Crippen molar-refractivity contribution in [3.63, 3.8) is 0 Å². The van der Waals surface area contributed by atoms with Crippen LogP contribution < -0.4 is 0 Å². The summed E-state index contributed by atoms with van der Waals surface area (Å²) in [6, 6.07) is 62.2. The second-order valence-electron chi connectivity index (χ2n) is 14.4. The smallest absolute Gasteiger partial charge is 0.229 e. The van der Waals surface area contributed by atoms with Gasteiger partial charge in [-0.05, 0) is 44.7 Å². The lowest BCUT2D eigenvalue weighted by molar-refractivity contribution is 0.651. The summed E-state index contributed by atoms with van der Waals surface area (Å²) in [4.78, 5) is 29.3. The molecule has 0 saturated carbocycles. The van der Waals surface area contributed by atoms with Gasteiger partial charge in [0.1, 0.15) is 5.52 Å². The largest absolute Gasteiger partial charge is 0.434 e. The molecule has 0 N–H and O–H groups in total. The molecule has 0 fully saturated rings. The van der Waals surface area contributed by atoms with Gasteiger partial charge in [0.05, 0.1) is 11.6 Å². The molecule has 11 rings (SSSR count). The Bertz CT molecular complexity index is 3240. The van der Waals surface area contributed by atoms with E-state index < -0.39 is 0 Å². The fourth-order valence-corrected chi connectivity index (χ4v) is 7.71. The minimum Gasteiger partial charge on any atom is -0.434 e. The van der Waals surface area contributed by atoms with Crippen LogP contribution in [0.15, 0.2) is 199 Å². The maximum atomic E-state index is 6.13. The van der Waals surface area contributed by atoms with Crippen molar-refractivity contribution in [2.24, 2.45) is 0 Å². The van der Waals surface area contributed by atoms with Crippen LogP contribution in [0.3, 0.4) is 0 Å². The molecular formula is C52H32N6O. The van der Waals surface area contributed by atoms with Gasteiger partial charge >= 0.3 is 0 Å². The summed E-state index contributed by atoms with van der Waals surface area (Å²) in [5.41, 5.74) is 12.2. The van der Waals surface area contributed by atoms with Crippen molar-refractivity contribution in [1.82, 2.24) is 29.9 Å². The molecule has 0 aliphatic heterocycles. The SMILES string of the molecule is c1ccc(-c2ccc(-c3cnc4oc5cnc(-c6cccc7c(-c8ccc(-c9nc(-c%10ccccc%10)nc(-c%10ccccc%10)n9)cc8)cccc67)nc5c4c3)cc2)cc1. The number of nitrogens with zero attached hydrogens (tertiary/aromatic N) is 6. The summed E-state index contributed by atoms with van der Waals surface area (Å²) in [7, 11) is 0. The third-order valence-electron chi connectivity index (χ3n) is 10.7. The fourth-order valence-electron chi connectivity index (χ4n) is 7.71. The lowest BCUT2D eigenvalue weighted by atomic mass is 9.95. The molecule has 0 spiro atoms. The van der Waals surface area contributed by atoms with E-state index in [1.165, 1.54) is 11.1 Å². The van der Waals surface area contributed by atoms with Crippen LogP contribution in [0.25, 0.3) is 112 Å². The number of benzene rings is 7. The van der Waals surface area contributed by atoms with Gasteiger partial charge in [-0.2, -0.15) is 0 Å². The Morgan fingerprint density at radius 2 is 0.780 bits per heavy atom. The van der Waals surface area contributed by atoms with Crippen molar-refractivity contribution in [3.8, 4) is 78.9 Å². The number of furan rings is 1. The Hall–Kier alpha value is -8.16. The Labute approximate surface area is 339 Å². The number of pyridine rings is 1. The Kier molecular flexibility index (Phi) is 8.33. The molecule has 0 aliphatic rings. The first-order valence-corrected chi connectivity index (χ1v) is 19.4. The Morgan fingerprint density at radius 1 is 0.305 bits per heavy atom. The second-order valence-corrected chi connectivity index (χ2v) is 14.4. The van der Waals surface area contributed by atoms with E-state index in [4.69, 9.17) is 29.3 Å². The fraction of sp³-hybridized carbons (Fsp3) is 0. The van der Waals surface area contributed by atoms with Crippen molar-refractivity contribution in [2.45, 2.75) is 0 Å². The van der Waals surface area contributed by atoms with Crippen LogP contribution in [-0.2, 0) is 0 Å². The number of hydrogen-bond donors (Lipinski definition) is 0. The molecule has 11 aromatic rings. The molecule has 0 bridgehead atoms. The van der Waals surface area contributed by atoms with Crippen molar-refractivity contribution in [2.75, 3.05) is 0 Å². The van der Waals surface area contributed by atoms with Crippen LogP contribution in [0.2, 0.25) is 0 Å². The third-order valence-corrected chi connectivity index (χ3v) is 10.7. The monoisotopic (exact) mass is 756 g/mol. The molecule has 0 amide bonds. The lowest BCUT2D eigenvalue weighted by Gasteiger charge is -2.12. The van der Waals surface area contributed by atoms with Crippen LogP contribution in [-0.4, -0.2) is 29.9 Å². The van der Waals surface area contributed by atoms with E-state index in [0.29, 0.717) is 34.6 Å². The molecule has 0 atom stereocenters.